The molecule has 146 valence electrons. The number of nitrogens with one attached hydrogen (secondary N) is 2. The van der Waals surface area contributed by atoms with E-state index in [0.29, 0.717) is 10.9 Å². The van der Waals surface area contributed by atoms with E-state index in [2.05, 4.69) is 10.3 Å². The second-order valence-electron chi connectivity index (χ2n) is 7.09. The summed E-state index contributed by atoms with van der Waals surface area (Å²) in [6, 6.07) is 7.55. The highest BCUT2D eigenvalue weighted by molar-refractivity contribution is 7.89. The number of carbonyl (C=O) groups excluding carboxylic acids is 1. The highest BCUT2D eigenvalue weighted by Crippen LogP contribution is 2.20. The van der Waals surface area contributed by atoms with Crippen molar-refractivity contribution in [1.82, 2.24) is 14.6 Å². The first-order valence-electron chi connectivity index (χ1n) is 9.25. The lowest BCUT2D eigenvalue weighted by atomic mass is 10.1. The van der Waals surface area contributed by atoms with E-state index in [1.54, 1.807) is 12.1 Å². The topological polar surface area (TPSA) is 99.3 Å². The summed E-state index contributed by atoms with van der Waals surface area (Å²) in [6.07, 6.45) is 6.47. The third-order valence-electron chi connectivity index (χ3n) is 4.99. The summed E-state index contributed by atoms with van der Waals surface area (Å²) in [5.41, 5.74) is 0.320. The molecule has 0 saturated heterocycles. The van der Waals surface area contributed by atoms with E-state index < -0.39 is 10.0 Å². The molecule has 0 radical (unpaired) electrons. The maximum atomic E-state index is 12.8. The molecule has 0 bridgehead atoms. The van der Waals surface area contributed by atoms with Gasteiger partial charge in [-0.3, -0.25) is 9.59 Å². The van der Waals surface area contributed by atoms with Crippen LogP contribution in [0.1, 0.15) is 38.5 Å². The van der Waals surface area contributed by atoms with E-state index >= 15 is 0 Å². The van der Waals surface area contributed by atoms with E-state index in [1.165, 1.54) is 38.1 Å². The molecule has 0 aliphatic heterocycles. The summed E-state index contributed by atoms with van der Waals surface area (Å²) in [4.78, 5) is 26.4. The SMILES string of the molecule is CN(CC(=O)NC1CCCCCC1)S(=O)(=O)c1ccc2[nH]c(=O)ccc2c1. The van der Waals surface area contributed by atoms with Crippen molar-refractivity contribution in [2.75, 3.05) is 13.6 Å². The number of sulfonamides is 1. The fraction of sp³-hybridized carbons (Fsp3) is 0.474. The molecule has 0 unspecified atom stereocenters. The summed E-state index contributed by atoms with van der Waals surface area (Å²) in [5, 5.41) is 3.58. The Morgan fingerprint density at radius 3 is 2.56 bits per heavy atom. The molecule has 1 heterocycles. The molecule has 7 nitrogen and oxygen atoms in total. The third kappa shape index (κ3) is 4.75. The summed E-state index contributed by atoms with van der Waals surface area (Å²) >= 11 is 0. The van der Waals surface area contributed by atoms with Crippen molar-refractivity contribution in [2.24, 2.45) is 0 Å². The molecule has 1 aromatic heterocycles. The lowest BCUT2D eigenvalue weighted by Crippen LogP contribution is -2.42. The van der Waals surface area contributed by atoms with E-state index in [1.807, 2.05) is 0 Å². The minimum atomic E-state index is -3.80. The van der Waals surface area contributed by atoms with Gasteiger partial charge in [0.05, 0.1) is 11.4 Å². The van der Waals surface area contributed by atoms with Crippen LogP contribution in [-0.2, 0) is 14.8 Å². The van der Waals surface area contributed by atoms with Gasteiger partial charge in [0.2, 0.25) is 21.5 Å². The quantitative estimate of drug-likeness (QED) is 0.762. The van der Waals surface area contributed by atoms with Gasteiger partial charge in [0.1, 0.15) is 0 Å². The molecular formula is C19H25N3O4S. The standard InChI is InChI=1S/C19H25N3O4S/c1-22(13-19(24)20-15-6-4-2-3-5-7-15)27(25,26)16-9-10-17-14(12-16)8-11-18(23)21-17/h8-12,15H,2-7,13H2,1H3,(H,20,24)(H,21,23). The molecule has 1 aromatic carbocycles. The predicted molar refractivity (Wildman–Crippen MR) is 104 cm³/mol. The zero-order chi connectivity index (χ0) is 19.4. The number of benzene rings is 1. The predicted octanol–water partition coefficient (Wildman–Crippen LogP) is 1.99. The molecule has 3 rings (SSSR count). The summed E-state index contributed by atoms with van der Waals surface area (Å²) in [7, 11) is -2.40. The maximum Gasteiger partial charge on any atom is 0.248 e. The smallest absolute Gasteiger partial charge is 0.248 e. The van der Waals surface area contributed by atoms with Gasteiger partial charge in [-0.2, -0.15) is 4.31 Å². The average Bonchev–Trinajstić information content (AvgIpc) is 2.89. The molecule has 1 aliphatic carbocycles. The molecule has 1 amide bonds. The van der Waals surface area contributed by atoms with E-state index in [0.717, 1.165) is 30.0 Å². The van der Waals surface area contributed by atoms with Gasteiger partial charge in [-0.25, -0.2) is 8.42 Å². The zero-order valence-corrected chi connectivity index (χ0v) is 16.2. The van der Waals surface area contributed by atoms with Crippen LogP contribution in [0.5, 0.6) is 0 Å². The largest absolute Gasteiger partial charge is 0.352 e. The Kier molecular flexibility index (Phi) is 5.96. The van der Waals surface area contributed by atoms with Crippen LogP contribution in [0.25, 0.3) is 10.9 Å². The highest BCUT2D eigenvalue weighted by atomic mass is 32.2. The number of H-pyrrole nitrogens is 1. The van der Waals surface area contributed by atoms with Gasteiger partial charge in [-0.15, -0.1) is 0 Å². The minimum absolute atomic E-state index is 0.0896. The number of hydrogen-bond donors (Lipinski definition) is 2. The molecule has 1 saturated carbocycles. The van der Waals surface area contributed by atoms with Crippen LogP contribution in [-0.4, -0.2) is 43.2 Å². The van der Waals surface area contributed by atoms with Crippen molar-refractivity contribution in [1.29, 1.82) is 0 Å². The fourth-order valence-corrected chi connectivity index (χ4v) is 4.62. The van der Waals surface area contributed by atoms with Gasteiger partial charge in [-0.05, 0) is 42.5 Å². The molecule has 27 heavy (non-hydrogen) atoms. The van der Waals surface area contributed by atoms with Crippen LogP contribution in [0.3, 0.4) is 0 Å². The number of likely N-dealkylation sites (N-methyl/N-ethyl adjacent to an activating group) is 1. The van der Waals surface area contributed by atoms with Crippen molar-refractivity contribution < 1.29 is 13.2 Å². The minimum Gasteiger partial charge on any atom is -0.352 e. The summed E-state index contributed by atoms with van der Waals surface area (Å²) in [6.45, 7) is -0.220. The first-order valence-corrected chi connectivity index (χ1v) is 10.7. The van der Waals surface area contributed by atoms with Gasteiger partial charge >= 0.3 is 0 Å². The highest BCUT2D eigenvalue weighted by Gasteiger charge is 2.24. The Hall–Kier alpha value is -2.19. The van der Waals surface area contributed by atoms with Crippen LogP contribution in [0.4, 0.5) is 0 Å². The molecule has 1 aliphatic rings. The molecule has 1 fully saturated rings. The maximum absolute atomic E-state index is 12.8. The number of aromatic nitrogens is 1. The number of carbonyl (C=O) groups is 1. The molecule has 8 heteroatoms. The molecule has 2 aromatic rings. The van der Waals surface area contributed by atoms with Crippen LogP contribution in [0.2, 0.25) is 0 Å². The number of amides is 1. The number of rotatable bonds is 5. The number of pyridine rings is 1. The zero-order valence-electron chi connectivity index (χ0n) is 15.4. The molecule has 0 atom stereocenters. The second kappa shape index (κ2) is 8.22. The van der Waals surface area contributed by atoms with Crippen molar-refractivity contribution in [2.45, 2.75) is 49.5 Å². The van der Waals surface area contributed by atoms with Crippen LogP contribution in [0, 0.1) is 0 Å². The van der Waals surface area contributed by atoms with Gasteiger partial charge in [0.25, 0.3) is 0 Å². The lowest BCUT2D eigenvalue weighted by Gasteiger charge is -2.20. The molecule has 2 N–H and O–H groups in total. The third-order valence-corrected chi connectivity index (χ3v) is 6.79. The van der Waals surface area contributed by atoms with Gasteiger partial charge < -0.3 is 10.3 Å². The van der Waals surface area contributed by atoms with Crippen molar-refractivity contribution in [3.05, 3.63) is 40.7 Å². The molecule has 0 spiro atoms. The average molecular weight is 391 g/mol. The van der Waals surface area contributed by atoms with E-state index in [9.17, 15) is 18.0 Å². The van der Waals surface area contributed by atoms with Crippen LogP contribution < -0.4 is 10.9 Å². The molecular weight excluding hydrogens is 366 g/mol. The van der Waals surface area contributed by atoms with Gasteiger partial charge in [-0.1, -0.05) is 25.7 Å². The number of aromatic amines is 1. The summed E-state index contributed by atoms with van der Waals surface area (Å²) < 4.78 is 26.7. The fourth-order valence-electron chi connectivity index (χ4n) is 3.46. The Bertz CT molecular complexity index is 976. The second-order valence-corrected chi connectivity index (χ2v) is 9.13. The Labute approximate surface area is 158 Å². The van der Waals surface area contributed by atoms with Crippen molar-refractivity contribution in [3.63, 3.8) is 0 Å². The van der Waals surface area contributed by atoms with Gasteiger partial charge in [0.15, 0.2) is 0 Å². The van der Waals surface area contributed by atoms with Gasteiger partial charge in [0, 0.05) is 24.7 Å². The number of nitrogens with zero attached hydrogens (tertiary/aromatic N) is 1. The van der Waals surface area contributed by atoms with Crippen LogP contribution >= 0.6 is 0 Å². The first kappa shape index (κ1) is 19.6. The number of hydrogen-bond acceptors (Lipinski definition) is 4. The lowest BCUT2D eigenvalue weighted by molar-refractivity contribution is -0.121. The van der Waals surface area contributed by atoms with E-state index in [-0.39, 0.29) is 28.9 Å². The summed E-state index contributed by atoms with van der Waals surface area (Å²) in [5.74, 6) is -0.280. The monoisotopic (exact) mass is 391 g/mol. The Morgan fingerprint density at radius 2 is 1.85 bits per heavy atom. The Morgan fingerprint density at radius 1 is 1.15 bits per heavy atom. The van der Waals surface area contributed by atoms with Crippen molar-refractivity contribution >= 4 is 26.8 Å². The number of fused-ring (bicyclic) bond motifs is 1. The normalized spacial score (nSPS) is 16.4. The van der Waals surface area contributed by atoms with Crippen molar-refractivity contribution in [3.8, 4) is 0 Å². The first-order chi connectivity index (χ1) is 12.9. The van der Waals surface area contributed by atoms with Crippen LogP contribution in [0.15, 0.2) is 40.0 Å². The Balaban J connectivity index is 1.70. The van der Waals surface area contributed by atoms with E-state index in [4.69, 9.17) is 0 Å².